The number of amides is 1. The number of halogens is 1. The molecule has 31 heavy (non-hydrogen) atoms. The third kappa shape index (κ3) is 3.98. The predicted molar refractivity (Wildman–Crippen MR) is 113 cm³/mol. The Morgan fingerprint density at radius 3 is 2.39 bits per heavy atom. The molecule has 1 amide bonds. The topological polar surface area (TPSA) is 95.1 Å². The number of carboxylic acid groups (broad SMARTS) is 1. The van der Waals surface area contributed by atoms with E-state index in [-0.39, 0.29) is 5.69 Å². The summed E-state index contributed by atoms with van der Waals surface area (Å²) in [5.41, 5.74) is 1.48. The van der Waals surface area contributed by atoms with E-state index in [2.05, 4.69) is 15.3 Å². The van der Waals surface area contributed by atoms with Gasteiger partial charge in [0.2, 0.25) is 0 Å². The van der Waals surface area contributed by atoms with E-state index in [1.165, 1.54) is 44.6 Å². The number of carbonyl (C=O) groups is 2. The molecule has 164 valence electrons. The number of hydrogen-bond acceptors (Lipinski definition) is 3. The largest absolute Gasteiger partial charge is 0.480 e. The average molecular weight is 426 g/mol. The second kappa shape index (κ2) is 7.77. The van der Waals surface area contributed by atoms with Gasteiger partial charge in [0.15, 0.2) is 0 Å². The van der Waals surface area contributed by atoms with E-state index in [0.717, 1.165) is 24.2 Å². The van der Waals surface area contributed by atoms with Crippen LogP contribution in [-0.4, -0.2) is 33.5 Å². The normalized spacial score (nSPS) is 28.6. The maximum absolute atomic E-state index is 14.3. The van der Waals surface area contributed by atoms with Crippen LogP contribution in [0.3, 0.4) is 0 Å². The minimum absolute atomic E-state index is 0.171. The highest BCUT2D eigenvalue weighted by Crippen LogP contribution is 2.61. The van der Waals surface area contributed by atoms with E-state index in [1.807, 2.05) is 0 Å². The number of nitrogens with one attached hydrogen (secondary N) is 2. The lowest BCUT2D eigenvalue weighted by Gasteiger charge is -2.57. The van der Waals surface area contributed by atoms with Crippen molar-refractivity contribution >= 4 is 11.9 Å². The standard InChI is InChI=1S/C24H28FN3O3/c25-18-4-2-1-3-17(18)22-27-19(21(28-22)23(31)26-13-20(29)30)5-6-24-10-14-7-15(11-24)9-16(8-14)12-24/h1-4,14-16H,5-13H2,(H,26,31)(H,27,28)(H,29,30). The molecule has 6 nitrogen and oxygen atoms in total. The van der Waals surface area contributed by atoms with Crippen molar-refractivity contribution in [1.29, 1.82) is 0 Å². The number of benzene rings is 1. The van der Waals surface area contributed by atoms with Crippen molar-refractivity contribution < 1.29 is 19.1 Å². The van der Waals surface area contributed by atoms with E-state index < -0.39 is 24.2 Å². The van der Waals surface area contributed by atoms with Crippen LogP contribution in [0.4, 0.5) is 4.39 Å². The molecule has 1 aromatic heterocycles. The van der Waals surface area contributed by atoms with Crippen molar-refractivity contribution in [3.05, 3.63) is 41.5 Å². The summed E-state index contributed by atoms with van der Waals surface area (Å²) in [7, 11) is 0. The Bertz CT molecular complexity index is 980. The van der Waals surface area contributed by atoms with Crippen molar-refractivity contribution in [3.8, 4) is 11.4 Å². The van der Waals surface area contributed by atoms with Crippen molar-refractivity contribution in [2.75, 3.05) is 6.54 Å². The fraction of sp³-hybridized carbons (Fsp3) is 0.542. The summed E-state index contributed by atoms with van der Waals surface area (Å²) in [5.74, 6) is 0.775. The van der Waals surface area contributed by atoms with Gasteiger partial charge in [-0.3, -0.25) is 9.59 Å². The number of aliphatic carboxylic acids is 1. The Labute approximate surface area is 180 Å². The van der Waals surface area contributed by atoms with Gasteiger partial charge in [0, 0.05) is 5.69 Å². The number of aromatic nitrogens is 2. The van der Waals surface area contributed by atoms with E-state index >= 15 is 0 Å². The van der Waals surface area contributed by atoms with Gasteiger partial charge in [0.1, 0.15) is 23.9 Å². The molecule has 0 unspecified atom stereocenters. The lowest BCUT2D eigenvalue weighted by Crippen LogP contribution is -2.46. The van der Waals surface area contributed by atoms with Gasteiger partial charge >= 0.3 is 5.97 Å². The second-order valence-electron chi connectivity index (χ2n) is 9.89. The third-order valence-electron chi connectivity index (χ3n) is 7.59. The zero-order valence-corrected chi connectivity index (χ0v) is 17.5. The third-order valence-corrected chi connectivity index (χ3v) is 7.59. The molecular formula is C24H28FN3O3. The monoisotopic (exact) mass is 425 g/mol. The minimum Gasteiger partial charge on any atom is -0.480 e. The van der Waals surface area contributed by atoms with Crippen LogP contribution >= 0.6 is 0 Å². The van der Waals surface area contributed by atoms with Crippen molar-refractivity contribution in [2.45, 2.75) is 51.4 Å². The second-order valence-corrected chi connectivity index (χ2v) is 9.89. The molecule has 4 bridgehead atoms. The Balaban J connectivity index is 1.40. The summed E-state index contributed by atoms with van der Waals surface area (Å²) in [6, 6.07) is 6.31. The zero-order valence-electron chi connectivity index (χ0n) is 17.5. The van der Waals surface area contributed by atoms with Crippen LogP contribution in [0.15, 0.2) is 24.3 Å². The maximum Gasteiger partial charge on any atom is 0.322 e. The van der Waals surface area contributed by atoms with E-state index in [1.54, 1.807) is 18.2 Å². The number of H-pyrrole nitrogens is 1. The Morgan fingerprint density at radius 1 is 1.13 bits per heavy atom. The van der Waals surface area contributed by atoms with Crippen LogP contribution in [-0.2, 0) is 11.2 Å². The zero-order chi connectivity index (χ0) is 21.6. The molecule has 0 aliphatic heterocycles. The number of nitrogens with zero attached hydrogens (tertiary/aromatic N) is 1. The molecule has 7 heteroatoms. The van der Waals surface area contributed by atoms with Crippen molar-refractivity contribution in [1.82, 2.24) is 15.3 Å². The quantitative estimate of drug-likeness (QED) is 0.620. The first-order valence-electron chi connectivity index (χ1n) is 11.2. The molecule has 0 atom stereocenters. The van der Waals surface area contributed by atoms with E-state index in [9.17, 15) is 14.0 Å². The van der Waals surface area contributed by atoms with Crippen LogP contribution in [0.1, 0.15) is 61.1 Å². The van der Waals surface area contributed by atoms with E-state index in [4.69, 9.17) is 5.11 Å². The Hall–Kier alpha value is -2.70. The fourth-order valence-corrected chi connectivity index (χ4v) is 6.78. The number of carboxylic acids is 1. The SMILES string of the molecule is O=C(O)CNC(=O)c1nc(-c2ccccc2F)[nH]c1CCC12CC3CC(CC(C3)C1)C2. The highest BCUT2D eigenvalue weighted by atomic mass is 19.1. The number of rotatable bonds is 7. The van der Waals surface area contributed by atoms with Crippen molar-refractivity contribution in [3.63, 3.8) is 0 Å². The summed E-state index contributed by atoms with van der Waals surface area (Å²) in [6.07, 6.45) is 9.59. The van der Waals surface area contributed by atoms with Gasteiger partial charge in [0.25, 0.3) is 5.91 Å². The molecule has 2 aromatic rings. The molecule has 0 radical (unpaired) electrons. The summed E-state index contributed by atoms with van der Waals surface area (Å²) in [4.78, 5) is 31.1. The van der Waals surface area contributed by atoms with Gasteiger partial charge in [-0.2, -0.15) is 0 Å². The molecule has 1 heterocycles. The number of imidazole rings is 1. The summed E-state index contributed by atoms with van der Waals surface area (Å²) >= 11 is 0. The molecule has 4 aliphatic rings. The van der Waals surface area contributed by atoms with Crippen LogP contribution < -0.4 is 5.32 Å². The molecule has 0 saturated heterocycles. The molecular weight excluding hydrogens is 397 g/mol. The highest BCUT2D eigenvalue weighted by molar-refractivity contribution is 5.95. The first-order valence-corrected chi connectivity index (χ1v) is 11.2. The fourth-order valence-electron chi connectivity index (χ4n) is 6.78. The van der Waals surface area contributed by atoms with Crippen LogP contribution in [0.5, 0.6) is 0 Å². The molecule has 6 rings (SSSR count). The van der Waals surface area contributed by atoms with Gasteiger partial charge < -0.3 is 15.4 Å². The molecule has 1 aromatic carbocycles. The lowest BCUT2D eigenvalue weighted by atomic mass is 9.48. The predicted octanol–water partition coefficient (Wildman–Crippen LogP) is 4.18. The summed E-state index contributed by atoms with van der Waals surface area (Å²) < 4.78 is 14.3. The highest BCUT2D eigenvalue weighted by Gasteiger charge is 2.50. The molecule has 4 saturated carbocycles. The first kappa shape index (κ1) is 20.2. The maximum atomic E-state index is 14.3. The Kier molecular flexibility index (Phi) is 5.07. The van der Waals surface area contributed by atoms with Gasteiger partial charge in [-0.15, -0.1) is 0 Å². The first-order chi connectivity index (χ1) is 14.9. The summed E-state index contributed by atoms with van der Waals surface area (Å²) in [5, 5.41) is 11.3. The van der Waals surface area contributed by atoms with Crippen LogP contribution in [0, 0.1) is 29.0 Å². The van der Waals surface area contributed by atoms with E-state index in [0.29, 0.717) is 28.9 Å². The van der Waals surface area contributed by atoms with Crippen LogP contribution in [0.2, 0.25) is 0 Å². The molecule has 0 spiro atoms. The number of carbonyl (C=O) groups excluding carboxylic acids is 1. The number of aromatic amines is 1. The Morgan fingerprint density at radius 2 is 1.77 bits per heavy atom. The molecule has 3 N–H and O–H groups in total. The summed E-state index contributed by atoms with van der Waals surface area (Å²) in [6.45, 7) is -0.477. The molecule has 4 fully saturated rings. The van der Waals surface area contributed by atoms with Gasteiger partial charge in [-0.25, -0.2) is 9.37 Å². The van der Waals surface area contributed by atoms with Crippen molar-refractivity contribution in [2.24, 2.45) is 23.2 Å². The number of aryl methyl sites for hydroxylation is 1. The average Bonchev–Trinajstić information content (AvgIpc) is 3.14. The van der Waals surface area contributed by atoms with Gasteiger partial charge in [-0.1, -0.05) is 12.1 Å². The lowest BCUT2D eigenvalue weighted by molar-refractivity contribution is -0.135. The minimum atomic E-state index is -1.12. The van der Waals surface area contributed by atoms with Gasteiger partial charge in [-0.05, 0) is 86.7 Å². The molecule has 4 aliphatic carbocycles. The number of hydrogen-bond donors (Lipinski definition) is 3. The van der Waals surface area contributed by atoms with Crippen LogP contribution in [0.25, 0.3) is 11.4 Å². The van der Waals surface area contributed by atoms with Gasteiger partial charge in [0.05, 0.1) is 5.56 Å². The smallest absolute Gasteiger partial charge is 0.322 e.